The van der Waals surface area contributed by atoms with Gasteiger partial charge in [0.25, 0.3) is 11.5 Å². The Morgan fingerprint density at radius 2 is 2.08 bits per heavy atom. The molecular formula is C27H31N5O5. The van der Waals surface area contributed by atoms with Crippen LogP contribution in [0.15, 0.2) is 58.1 Å². The summed E-state index contributed by atoms with van der Waals surface area (Å²) >= 11 is 0. The number of hydrogen-bond donors (Lipinski definition) is 2. The number of likely N-dealkylation sites (tertiary alicyclic amines) is 1. The molecular weight excluding hydrogens is 474 g/mol. The molecule has 10 nitrogen and oxygen atoms in total. The van der Waals surface area contributed by atoms with Crippen molar-refractivity contribution < 1.29 is 19.5 Å². The number of nitrogens with zero attached hydrogens (tertiary/aromatic N) is 4. The first-order valence-electron chi connectivity index (χ1n) is 12.7. The molecule has 1 saturated heterocycles. The average molecular weight is 506 g/mol. The van der Waals surface area contributed by atoms with Gasteiger partial charge in [-0.15, -0.1) is 0 Å². The van der Waals surface area contributed by atoms with Crippen molar-refractivity contribution in [2.24, 2.45) is 22.7 Å². The van der Waals surface area contributed by atoms with Crippen LogP contribution >= 0.6 is 0 Å². The molecule has 3 aliphatic carbocycles. The van der Waals surface area contributed by atoms with E-state index in [2.05, 4.69) is 27.8 Å². The second-order valence-corrected chi connectivity index (χ2v) is 10.1. The van der Waals surface area contributed by atoms with E-state index in [4.69, 9.17) is 15.7 Å². The van der Waals surface area contributed by atoms with Gasteiger partial charge in [-0.1, -0.05) is 29.4 Å². The van der Waals surface area contributed by atoms with Crippen LogP contribution in [0.4, 0.5) is 0 Å². The molecule has 2 heterocycles. The lowest BCUT2D eigenvalue weighted by Crippen LogP contribution is -2.47. The number of amides is 1. The molecule has 1 aromatic heterocycles. The number of benzene rings is 1. The van der Waals surface area contributed by atoms with E-state index >= 15 is 0 Å². The van der Waals surface area contributed by atoms with Gasteiger partial charge in [-0.2, -0.15) is 0 Å². The molecule has 2 aromatic rings. The number of fused-ring (bicyclic) bond motifs is 1. The van der Waals surface area contributed by atoms with Gasteiger partial charge in [-0.3, -0.25) is 9.59 Å². The Labute approximate surface area is 214 Å². The van der Waals surface area contributed by atoms with Gasteiger partial charge in [0.1, 0.15) is 0 Å². The molecule has 1 aliphatic heterocycles. The summed E-state index contributed by atoms with van der Waals surface area (Å²) < 4.78 is 1.63. The van der Waals surface area contributed by atoms with Crippen LogP contribution in [0.25, 0.3) is 11.0 Å². The largest absolute Gasteiger partial charge is 0.479 e. The number of rotatable bonds is 9. The van der Waals surface area contributed by atoms with Crippen LogP contribution in [0.5, 0.6) is 0 Å². The van der Waals surface area contributed by atoms with Gasteiger partial charge < -0.3 is 25.1 Å². The van der Waals surface area contributed by atoms with Crippen LogP contribution < -0.4 is 11.3 Å². The minimum absolute atomic E-state index is 0.219. The maximum Gasteiger partial charge on any atom is 0.344 e. The van der Waals surface area contributed by atoms with Crippen molar-refractivity contribution >= 4 is 28.6 Å². The van der Waals surface area contributed by atoms with Gasteiger partial charge in [0.2, 0.25) is 6.61 Å². The monoisotopic (exact) mass is 505 g/mol. The number of aromatic nitrogens is 2. The highest BCUT2D eigenvalue weighted by molar-refractivity contribution is 6.44. The third-order valence-electron chi connectivity index (χ3n) is 7.81. The molecule has 10 heteroatoms. The average Bonchev–Trinajstić information content (AvgIpc) is 2.84. The van der Waals surface area contributed by atoms with E-state index in [0.717, 1.165) is 32.2 Å². The van der Waals surface area contributed by atoms with Crippen LogP contribution in [0.2, 0.25) is 0 Å². The number of piperidine rings is 1. The fourth-order valence-corrected chi connectivity index (χ4v) is 5.73. The van der Waals surface area contributed by atoms with Gasteiger partial charge in [-0.25, -0.2) is 9.78 Å². The summed E-state index contributed by atoms with van der Waals surface area (Å²) in [5, 5.41) is 12.4. The van der Waals surface area contributed by atoms with E-state index in [0.29, 0.717) is 22.9 Å². The zero-order valence-electron chi connectivity index (χ0n) is 20.8. The highest BCUT2D eigenvalue weighted by Crippen LogP contribution is 2.61. The van der Waals surface area contributed by atoms with Crippen LogP contribution in [0.3, 0.4) is 0 Å². The molecule has 4 fully saturated rings. The molecule has 2 bridgehead atoms. The summed E-state index contributed by atoms with van der Waals surface area (Å²) in [6, 6.07) is 7.23. The zero-order valence-corrected chi connectivity index (χ0v) is 20.8. The summed E-state index contributed by atoms with van der Waals surface area (Å²) in [7, 11) is 0. The number of carbonyl (C=O) groups is 2. The molecule has 0 radical (unpaired) electrons. The van der Waals surface area contributed by atoms with Crippen molar-refractivity contribution in [3.8, 4) is 0 Å². The fourth-order valence-electron chi connectivity index (χ4n) is 5.73. The molecule has 2 unspecified atom stereocenters. The van der Waals surface area contributed by atoms with Gasteiger partial charge in [0, 0.05) is 30.5 Å². The number of aliphatic carboxylic acids is 1. The molecule has 6 rings (SSSR count). The Morgan fingerprint density at radius 3 is 2.76 bits per heavy atom. The first-order chi connectivity index (χ1) is 17.8. The number of oxime groups is 1. The zero-order chi connectivity index (χ0) is 26.3. The summed E-state index contributed by atoms with van der Waals surface area (Å²) in [6.07, 6.45) is 7.59. The van der Waals surface area contributed by atoms with Crippen molar-refractivity contribution in [3.63, 3.8) is 0 Å². The van der Waals surface area contributed by atoms with E-state index < -0.39 is 29.8 Å². The van der Waals surface area contributed by atoms with E-state index in [9.17, 15) is 14.4 Å². The van der Waals surface area contributed by atoms with Crippen LogP contribution in [-0.4, -0.2) is 56.3 Å². The van der Waals surface area contributed by atoms with Gasteiger partial charge in [-0.05, 0) is 62.9 Å². The van der Waals surface area contributed by atoms with Crippen LogP contribution in [-0.2, 0) is 14.4 Å². The van der Waals surface area contributed by atoms with Crippen molar-refractivity contribution in [2.45, 2.75) is 51.1 Å². The highest BCUT2D eigenvalue weighted by Gasteiger charge is 2.51. The number of hydrogen-bond acceptors (Lipinski definition) is 7. The minimum atomic E-state index is -1.28. The summed E-state index contributed by atoms with van der Waals surface area (Å²) in [5.74, 6) is -1.21. The van der Waals surface area contributed by atoms with Crippen LogP contribution in [0.1, 0.15) is 50.8 Å². The SMILES string of the molecule is C=C1C2CC1C2=CN1CCCC[C@H]1C[C@H](C)n1c(=O)c(/C(=N/OCC(=O)O)C(N)=O)nc2ccccc21. The quantitative estimate of drug-likeness (QED) is 0.303. The molecule has 37 heavy (non-hydrogen) atoms. The number of nitrogens with two attached hydrogens (primary N) is 1. The van der Waals surface area contributed by atoms with Crippen LogP contribution in [0, 0.1) is 11.8 Å². The van der Waals surface area contributed by atoms with Gasteiger partial charge in [0.15, 0.2) is 11.4 Å². The first-order valence-corrected chi connectivity index (χ1v) is 12.7. The maximum absolute atomic E-state index is 13.7. The first kappa shape index (κ1) is 24.7. The normalized spacial score (nSPS) is 23.8. The Balaban J connectivity index is 1.48. The minimum Gasteiger partial charge on any atom is -0.479 e. The Kier molecular flexibility index (Phi) is 6.57. The van der Waals surface area contributed by atoms with E-state index in [1.807, 2.05) is 19.1 Å². The molecule has 3 saturated carbocycles. The van der Waals surface area contributed by atoms with Gasteiger partial charge in [0.05, 0.1) is 11.0 Å². The molecule has 1 aromatic carbocycles. The molecule has 4 aliphatic rings. The molecule has 4 atom stereocenters. The van der Waals surface area contributed by atoms with Gasteiger partial charge >= 0.3 is 5.97 Å². The highest BCUT2D eigenvalue weighted by atomic mass is 16.6. The Morgan fingerprint density at radius 1 is 1.32 bits per heavy atom. The smallest absolute Gasteiger partial charge is 0.344 e. The second-order valence-electron chi connectivity index (χ2n) is 10.1. The predicted octanol–water partition coefficient (Wildman–Crippen LogP) is 2.58. The lowest BCUT2D eigenvalue weighted by atomic mass is 9.49. The maximum atomic E-state index is 13.7. The Hall–Kier alpha value is -3.95. The number of para-hydroxylation sites is 2. The molecule has 194 valence electrons. The summed E-state index contributed by atoms with van der Waals surface area (Å²) in [4.78, 5) is 48.2. The van der Waals surface area contributed by atoms with E-state index in [-0.39, 0.29) is 17.8 Å². The predicted molar refractivity (Wildman–Crippen MR) is 138 cm³/mol. The third kappa shape index (κ3) is 4.52. The third-order valence-corrected chi connectivity index (χ3v) is 7.81. The number of carboxylic acid groups (broad SMARTS) is 1. The van der Waals surface area contributed by atoms with Crippen molar-refractivity contribution in [2.75, 3.05) is 13.2 Å². The summed E-state index contributed by atoms with van der Waals surface area (Å²) in [5.41, 5.74) is 8.15. The number of allylic oxidation sites excluding steroid dienone is 2. The molecule has 0 spiro atoms. The number of carbonyl (C=O) groups excluding carboxylic acids is 1. The summed E-state index contributed by atoms with van der Waals surface area (Å²) in [6.45, 7) is 6.36. The fraction of sp³-hybridized carbons (Fsp3) is 0.444. The molecule has 1 amide bonds. The van der Waals surface area contributed by atoms with E-state index in [1.165, 1.54) is 17.6 Å². The Bertz CT molecular complexity index is 1380. The molecule has 3 N–H and O–H groups in total. The number of primary amides is 1. The topological polar surface area (TPSA) is 140 Å². The van der Waals surface area contributed by atoms with Crippen molar-refractivity contribution in [1.29, 1.82) is 0 Å². The lowest BCUT2D eigenvalue weighted by molar-refractivity contribution is -0.142. The van der Waals surface area contributed by atoms with Crippen molar-refractivity contribution in [1.82, 2.24) is 14.5 Å². The second kappa shape index (κ2) is 9.84. The number of carboxylic acids is 1. The standard InChI is InChI=1S/C27H31N5O5/c1-15(11-17-7-5-6-10-31(17)13-20-18-12-19(20)16(18)2)32-22-9-4-3-8-21(22)29-25(27(32)36)24(26(28)35)30-37-14-23(33)34/h3-4,8-9,13,15,17-19H,2,5-7,10-12,14H2,1H3,(H2,28,35)(H,33,34)/b20-13?,30-24-/t15-,17-,18?,19?/m0/s1. The van der Waals surface area contributed by atoms with E-state index in [1.54, 1.807) is 16.7 Å². The van der Waals surface area contributed by atoms with Crippen molar-refractivity contribution in [3.05, 3.63) is 64.2 Å². The lowest BCUT2D eigenvalue weighted by Gasteiger charge is -2.56.